The van der Waals surface area contributed by atoms with Crippen molar-refractivity contribution in [3.8, 4) is 0 Å². The highest BCUT2D eigenvalue weighted by Gasteiger charge is 2.31. The van der Waals surface area contributed by atoms with E-state index in [1.807, 2.05) is 18.2 Å². The molecule has 0 spiro atoms. The molecule has 1 aliphatic heterocycles. The first-order valence-electron chi connectivity index (χ1n) is 8.65. The molecule has 0 aromatic carbocycles. The molecule has 1 saturated carbocycles. The molecule has 4 rings (SSSR count). The number of nitrogens with one attached hydrogen (secondary N) is 1. The van der Waals surface area contributed by atoms with Crippen molar-refractivity contribution in [3.63, 3.8) is 0 Å². The average molecular weight is 343 g/mol. The van der Waals surface area contributed by atoms with Crippen molar-refractivity contribution >= 4 is 29.3 Å². The van der Waals surface area contributed by atoms with E-state index in [-0.39, 0.29) is 23.7 Å². The van der Waals surface area contributed by atoms with Crippen LogP contribution in [0.25, 0.3) is 5.65 Å². The van der Waals surface area contributed by atoms with Crippen molar-refractivity contribution in [1.29, 1.82) is 0 Å². The molecule has 25 heavy (non-hydrogen) atoms. The lowest BCUT2D eigenvalue weighted by Gasteiger charge is -2.32. The maximum atomic E-state index is 11.9. The largest absolute Gasteiger partial charge is 0.469 e. The fourth-order valence-electron chi connectivity index (χ4n) is 3.25. The zero-order valence-corrected chi connectivity index (χ0v) is 14.1. The molecule has 1 aliphatic carbocycles. The number of esters is 1. The Morgan fingerprint density at radius 3 is 2.60 bits per heavy atom. The molecule has 0 unspecified atom stereocenters. The molecule has 3 heterocycles. The lowest BCUT2D eigenvalue weighted by molar-refractivity contribution is -0.146. The molecule has 2 fully saturated rings. The number of hydrogen-bond donors (Lipinski definition) is 1. The van der Waals surface area contributed by atoms with Gasteiger partial charge in [0, 0.05) is 19.0 Å². The minimum Gasteiger partial charge on any atom is -0.469 e. The molecule has 0 atom stereocenters. The molecular formula is C17H21N5O3. The van der Waals surface area contributed by atoms with Gasteiger partial charge in [-0.15, -0.1) is 5.10 Å². The Hall–Kier alpha value is -2.64. The third-order valence-corrected chi connectivity index (χ3v) is 4.88. The van der Waals surface area contributed by atoms with Crippen LogP contribution >= 0.6 is 0 Å². The standard InChI is InChI=1S/C17H21N5O3/c1-25-16(24)12-7-9-21(10-8-12)14-4-2-3-13-18-17(20-22(13)14)19-15(23)11-5-6-11/h2-4,11-12H,5-10H2,1H3,(H,19,20,23). The number of pyridine rings is 1. The molecular weight excluding hydrogens is 322 g/mol. The van der Waals surface area contributed by atoms with E-state index in [1.54, 1.807) is 4.52 Å². The maximum Gasteiger partial charge on any atom is 0.308 e. The van der Waals surface area contributed by atoms with Crippen molar-refractivity contribution in [1.82, 2.24) is 14.6 Å². The van der Waals surface area contributed by atoms with Crippen LogP contribution in [0.2, 0.25) is 0 Å². The summed E-state index contributed by atoms with van der Waals surface area (Å²) in [6.07, 6.45) is 3.39. The molecule has 2 aromatic heterocycles. The maximum absolute atomic E-state index is 11.9. The van der Waals surface area contributed by atoms with Gasteiger partial charge < -0.3 is 9.64 Å². The van der Waals surface area contributed by atoms with Crippen molar-refractivity contribution in [2.24, 2.45) is 11.8 Å². The second kappa shape index (κ2) is 6.34. The number of carbonyl (C=O) groups is 2. The van der Waals surface area contributed by atoms with Crippen LogP contribution in [0.3, 0.4) is 0 Å². The summed E-state index contributed by atoms with van der Waals surface area (Å²) in [4.78, 5) is 30.2. The van der Waals surface area contributed by atoms with Crippen molar-refractivity contribution in [2.45, 2.75) is 25.7 Å². The highest BCUT2D eigenvalue weighted by atomic mass is 16.5. The lowest BCUT2D eigenvalue weighted by Crippen LogP contribution is -2.37. The van der Waals surface area contributed by atoms with Crippen LogP contribution < -0.4 is 10.2 Å². The number of ether oxygens (including phenoxy) is 1. The third-order valence-electron chi connectivity index (χ3n) is 4.88. The van der Waals surface area contributed by atoms with E-state index in [1.165, 1.54) is 7.11 Å². The molecule has 2 aromatic rings. The van der Waals surface area contributed by atoms with Crippen molar-refractivity contribution in [2.75, 3.05) is 30.4 Å². The predicted molar refractivity (Wildman–Crippen MR) is 91.3 cm³/mol. The van der Waals surface area contributed by atoms with E-state index in [9.17, 15) is 9.59 Å². The topological polar surface area (TPSA) is 88.8 Å². The summed E-state index contributed by atoms with van der Waals surface area (Å²) in [7, 11) is 1.43. The van der Waals surface area contributed by atoms with Gasteiger partial charge in [0.2, 0.25) is 11.9 Å². The lowest BCUT2D eigenvalue weighted by atomic mass is 9.97. The van der Waals surface area contributed by atoms with Gasteiger partial charge >= 0.3 is 5.97 Å². The first kappa shape index (κ1) is 15.9. The molecule has 0 bridgehead atoms. The van der Waals surface area contributed by atoms with Crippen LogP contribution in [0.15, 0.2) is 18.2 Å². The van der Waals surface area contributed by atoms with E-state index in [2.05, 4.69) is 20.3 Å². The first-order chi connectivity index (χ1) is 12.2. The number of amides is 1. The summed E-state index contributed by atoms with van der Waals surface area (Å²) in [5, 5.41) is 7.24. The van der Waals surface area contributed by atoms with Crippen LogP contribution in [-0.2, 0) is 14.3 Å². The number of aromatic nitrogens is 3. The quantitative estimate of drug-likeness (QED) is 0.846. The summed E-state index contributed by atoms with van der Waals surface area (Å²) >= 11 is 0. The molecule has 132 valence electrons. The van der Waals surface area contributed by atoms with E-state index in [0.717, 1.165) is 44.6 Å². The third kappa shape index (κ3) is 3.16. The molecule has 1 amide bonds. The van der Waals surface area contributed by atoms with Gasteiger partial charge in [0.1, 0.15) is 5.82 Å². The van der Waals surface area contributed by atoms with Gasteiger partial charge in [-0.2, -0.15) is 9.50 Å². The van der Waals surface area contributed by atoms with Gasteiger partial charge in [0.15, 0.2) is 5.65 Å². The van der Waals surface area contributed by atoms with Crippen LogP contribution in [0.5, 0.6) is 0 Å². The van der Waals surface area contributed by atoms with Crippen LogP contribution in [0, 0.1) is 11.8 Å². The SMILES string of the molecule is COC(=O)C1CCN(c2cccc3nc(NC(=O)C4CC4)nn23)CC1. The van der Waals surface area contributed by atoms with Gasteiger partial charge in [-0.1, -0.05) is 6.07 Å². The summed E-state index contributed by atoms with van der Waals surface area (Å²) in [6.45, 7) is 1.50. The average Bonchev–Trinajstić information content (AvgIpc) is 3.41. The van der Waals surface area contributed by atoms with Crippen molar-refractivity contribution < 1.29 is 14.3 Å². The van der Waals surface area contributed by atoms with E-state index in [0.29, 0.717) is 11.6 Å². The molecule has 2 aliphatic rings. The smallest absolute Gasteiger partial charge is 0.308 e. The number of methoxy groups -OCH3 is 1. The minimum absolute atomic E-state index is 0.00338. The van der Waals surface area contributed by atoms with Gasteiger partial charge in [-0.05, 0) is 37.8 Å². The highest BCUT2D eigenvalue weighted by Crippen LogP contribution is 2.30. The second-order valence-electron chi connectivity index (χ2n) is 6.64. The van der Waals surface area contributed by atoms with Gasteiger partial charge in [-0.3, -0.25) is 14.9 Å². The van der Waals surface area contributed by atoms with Gasteiger partial charge in [-0.25, -0.2) is 0 Å². The molecule has 1 saturated heterocycles. The van der Waals surface area contributed by atoms with E-state index >= 15 is 0 Å². The second-order valence-corrected chi connectivity index (χ2v) is 6.64. The number of carbonyl (C=O) groups excluding carboxylic acids is 2. The van der Waals surface area contributed by atoms with Crippen molar-refractivity contribution in [3.05, 3.63) is 18.2 Å². The molecule has 8 heteroatoms. The normalized spacial score (nSPS) is 18.4. The van der Waals surface area contributed by atoms with Gasteiger partial charge in [0.05, 0.1) is 13.0 Å². The van der Waals surface area contributed by atoms with Crippen LogP contribution in [-0.4, -0.2) is 46.7 Å². The zero-order valence-electron chi connectivity index (χ0n) is 14.1. The fourth-order valence-corrected chi connectivity index (χ4v) is 3.25. The molecule has 8 nitrogen and oxygen atoms in total. The number of nitrogens with zero attached hydrogens (tertiary/aromatic N) is 4. The Labute approximate surface area is 145 Å². The fraction of sp³-hybridized carbons (Fsp3) is 0.529. The van der Waals surface area contributed by atoms with E-state index in [4.69, 9.17) is 4.74 Å². The summed E-state index contributed by atoms with van der Waals surface area (Å²) in [5.74, 6) is 1.20. The van der Waals surface area contributed by atoms with Gasteiger partial charge in [0.25, 0.3) is 0 Å². The zero-order chi connectivity index (χ0) is 17.4. The Morgan fingerprint density at radius 1 is 1.16 bits per heavy atom. The number of rotatable bonds is 4. The minimum atomic E-state index is -0.135. The highest BCUT2D eigenvalue weighted by molar-refractivity contribution is 5.92. The van der Waals surface area contributed by atoms with Crippen LogP contribution in [0.1, 0.15) is 25.7 Å². The Kier molecular flexibility index (Phi) is 4.03. The number of hydrogen-bond acceptors (Lipinski definition) is 6. The number of anilines is 2. The first-order valence-corrected chi connectivity index (χ1v) is 8.65. The van der Waals surface area contributed by atoms with Crippen LogP contribution in [0.4, 0.5) is 11.8 Å². The predicted octanol–water partition coefficient (Wildman–Crippen LogP) is 1.47. The Morgan fingerprint density at radius 2 is 1.92 bits per heavy atom. The number of piperidine rings is 1. The molecule has 0 radical (unpaired) electrons. The summed E-state index contributed by atoms with van der Waals surface area (Å²) in [6, 6.07) is 5.77. The summed E-state index contributed by atoms with van der Waals surface area (Å²) < 4.78 is 6.59. The van der Waals surface area contributed by atoms with E-state index < -0.39 is 0 Å². The monoisotopic (exact) mass is 343 g/mol. The number of fused-ring (bicyclic) bond motifs is 1. The Balaban J connectivity index is 1.52. The molecule has 1 N–H and O–H groups in total. The summed E-state index contributed by atoms with van der Waals surface area (Å²) in [5.41, 5.74) is 0.693. The Bertz CT molecular complexity index is 806.